The van der Waals surface area contributed by atoms with Crippen LogP contribution in [-0.4, -0.2) is 6.54 Å². The van der Waals surface area contributed by atoms with Gasteiger partial charge in [-0.05, 0) is 29.8 Å². The summed E-state index contributed by atoms with van der Waals surface area (Å²) >= 11 is 0. The lowest BCUT2D eigenvalue weighted by Gasteiger charge is -2.08. The molecule has 0 radical (unpaired) electrons. The van der Waals surface area contributed by atoms with E-state index in [0.717, 1.165) is 36.9 Å². The van der Waals surface area contributed by atoms with Gasteiger partial charge < -0.3 is 10.1 Å². The van der Waals surface area contributed by atoms with E-state index in [1.807, 2.05) is 24.3 Å². The van der Waals surface area contributed by atoms with Gasteiger partial charge >= 0.3 is 0 Å². The highest BCUT2D eigenvalue weighted by Gasteiger charge is 2.05. The molecule has 106 valence electrons. The number of nitrogens with one attached hydrogen (secondary N) is 1. The molecule has 1 N–H and O–H groups in total. The van der Waals surface area contributed by atoms with Crippen LogP contribution in [0, 0.1) is 11.6 Å². The summed E-state index contributed by atoms with van der Waals surface area (Å²) in [6, 6.07) is 11.0. The van der Waals surface area contributed by atoms with Gasteiger partial charge in [-0.25, -0.2) is 8.78 Å². The molecule has 0 aliphatic rings. The summed E-state index contributed by atoms with van der Waals surface area (Å²) < 4.78 is 31.7. The Kier molecular flexibility index (Phi) is 5.07. The summed E-state index contributed by atoms with van der Waals surface area (Å²) in [5.74, 6) is -1.14. The van der Waals surface area contributed by atoms with E-state index in [0.29, 0.717) is 0 Å². The van der Waals surface area contributed by atoms with Gasteiger partial charge in [0.15, 0.2) is 11.6 Å². The van der Waals surface area contributed by atoms with E-state index in [-0.39, 0.29) is 12.4 Å². The third kappa shape index (κ3) is 4.03. The molecule has 0 aromatic heterocycles. The van der Waals surface area contributed by atoms with Gasteiger partial charge in [-0.3, -0.25) is 0 Å². The van der Waals surface area contributed by atoms with Crippen molar-refractivity contribution < 1.29 is 13.5 Å². The fourth-order valence-electron chi connectivity index (χ4n) is 1.77. The van der Waals surface area contributed by atoms with Crippen molar-refractivity contribution in [1.82, 2.24) is 5.32 Å². The third-order valence-electron chi connectivity index (χ3n) is 2.89. The molecule has 2 aromatic rings. The molecule has 20 heavy (non-hydrogen) atoms. The van der Waals surface area contributed by atoms with Gasteiger partial charge in [0.1, 0.15) is 12.4 Å². The molecule has 2 nitrogen and oxygen atoms in total. The zero-order chi connectivity index (χ0) is 14.4. The highest BCUT2D eigenvalue weighted by atomic mass is 19.1. The molecular formula is C16H17F2NO. The Hall–Kier alpha value is -1.94. The van der Waals surface area contributed by atoms with Crippen LogP contribution in [-0.2, 0) is 13.2 Å². The molecule has 0 saturated carbocycles. The molecule has 0 unspecified atom stereocenters. The quantitative estimate of drug-likeness (QED) is 0.870. The van der Waals surface area contributed by atoms with Crippen molar-refractivity contribution in [3.8, 4) is 5.75 Å². The minimum atomic E-state index is -0.560. The number of benzene rings is 2. The van der Waals surface area contributed by atoms with Gasteiger partial charge in [-0.1, -0.05) is 31.2 Å². The van der Waals surface area contributed by atoms with Crippen LogP contribution in [0.5, 0.6) is 5.75 Å². The molecule has 0 spiro atoms. The second-order valence-electron chi connectivity index (χ2n) is 4.46. The first-order valence-corrected chi connectivity index (χ1v) is 6.55. The van der Waals surface area contributed by atoms with Gasteiger partial charge in [0, 0.05) is 12.6 Å². The van der Waals surface area contributed by atoms with E-state index >= 15 is 0 Å². The lowest BCUT2D eigenvalue weighted by molar-refractivity contribution is 0.288. The van der Waals surface area contributed by atoms with Crippen molar-refractivity contribution >= 4 is 0 Å². The second kappa shape index (κ2) is 7.01. The molecule has 0 amide bonds. The molecule has 0 fully saturated rings. The van der Waals surface area contributed by atoms with E-state index in [1.54, 1.807) is 0 Å². The summed E-state index contributed by atoms with van der Waals surface area (Å²) in [5.41, 5.74) is 2.08. The summed E-state index contributed by atoms with van der Waals surface area (Å²) in [6.45, 7) is 4.00. The van der Waals surface area contributed by atoms with Crippen LogP contribution in [0.1, 0.15) is 18.1 Å². The Morgan fingerprint density at radius 2 is 1.70 bits per heavy atom. The van der Waals surface area contributed by atoms with Crippen LogP contribution >= 0.6 is 0 Å². The van der Waals surface area contributed by atoms with Crippen molar-refractivity contribution in [2.45, 2.75) is 20.1 Å². The molecule has 0 saturated heterocycles. The smallest absolute Gasteiger partial charge is 0.165 e. The maximum Gasteiger partial charge on any atom is 0.165 e. The molecular weight excluding hydrogens is 260 g/mol. The highest BCUT2D eigenvalue weighted by Crippen LogP contribution is 2.19. The van der Waals surface area contributed by atoms with Crippen molar-refractivity contribution in [2.24, 2.45) is 0 Å². The Morgan fingerprint density at radius 1 is 1.00 bits per heavy atom. The average Bonchev–Trinajstić information content (AvgIpc) is 2.47. The van der Waals surface area contributed by atoms with Gasteiger partial charge in [0.25, 0.3) is 0 Å². The highest BCUT2D eigenvalue weighted by molar-refractivity contribution is 5.26. The Morgan fingerprint density at radius 3 is 2.40 bits per heavy atom. The summed E-state index contributed by atoms with van der Waals surface area (Å²) in [5, 5.41) is 3.23. The zero-order valence-corrected chi connectivity index (χ0v) is 11.3. The van der Waals surface area contributed by atoms with Gasteiger partial charge in [0.2, 0.25) is 0 Å². The van der Waals surface area contributed by atoms with Crippen LogP contribution < -0.4 is 10.1 Å². The number of hydrogen-bond donors (Lipinski definition) is 1. The van der Waals surface area contributed by atoms with E-state index in [1.165, 1.54) is 5.56 Å². The van der Waals surface area contributed by atoms with Gasteiger partial charge in [0.05, 0.1) is 0 Å². The lowest BCUT2D eigenvalue weighted by atomic mass is 10.1. The SMILES string of the molecule is CCNCc1ccc(COc2cc(F)ccc2F)cc1. The average molecular weight is 277 g/mol. The maximum absolute atomic E-state index is 13.4. The van der Waals surface area contributed by atoms with E-state index in [2.05, 4.69) is 12.2 Å². The minimum absolute atomic E-state index is 0.0678. The van der Waals surface area contributed by atoms with Crippen LogP contribution in [0.3, 0.4) is 0 Å². The van der Waals surface area contributed by atoms with E-state index < -0.39 is 11.6 Å². The minimum Gasteiger partial charge on any atom is -0.486 e. The summed E-state index contributed by atoms with van der Waals surface area (Å²) in [6.07, 6.45) is 0. The standard InChI is InChI=1S/C16H17F2NO/c1-2-19-10-12-3-5-13(6-4-12)11-20-16-9-14(17)7-8-15(16)18/h3-9,19H,2,10-11H2,1H3. The van der Waals surface area contributed by atoms with Gasteiger partial charge in [-0.2, -0.15) is 0 Å². The van der Waals surface area contributed by atoms with Crippen molar-refractivity contribution in [3.63, 3.8) is 0 Å². The molecule has 0 heterocycles. The first kappa shape index (κ1) is 14.5. The topological polar surface area (TPSA) is 21.3 Å². The molecule has 0 bridgehead atoms. The Bertz CT molecular complexity index is 555. The summed E-state index contributed by atoms with van der Waals surface area (Å²) in [7, 11) is 0. The third-order valence-corrected chi connectivity index (χ3v) is 2.89. The Labute approximate surface area is 117 Å². The lowest BCUT2D eigenvalue weighted by Crippen LogP contribution is -2.11. The molecule has 0 atom stereocenters. The van der Waals surface area contributed by atoms with Crippen LogP contribution in [0.2, 0.25) is 0 Å². The fraction of sp³-hybridized carbons (Fsp3) is 0.250. The number of halogens is 2. The predicted octanol–water partition coefficient (Wildman–Crippen LogP) is 3.65. The maximum atomic E-state index is 13.4. The second-order valence-corrected chi connectivity index (χ2v) is 4.46. The number of rotatable bonds is 6. The predicted molar refractivity (Wildman–Crippen MR) is 74.5 cm³/mol. The monoisotopic (exact) mass is 277 g/mol. The van der Waals surface area contributed by atoms with Crippen LogP contribution in [0.4, 0.5) is 8.78 Å². The van der Waals surface area contributed by atoms with Crippen molar-refractivity contribution in [2.75, 3.05) is 6.54 Å². The first-order valence-electron chi connectivity index (χ1n) is 6.55. The number of hydrogen-bond acceptors (Lipinski definition) is 2. The fourth-order valence-corrected chi connectivity index (χ4v) is 1.77. The molecule has 2 aromatic carbocycles. The van der Waals surface area contributed by atoms with E-state index in [9.17, 15) is 8.78 Å². The van der Waals surface area contributed by atoms with Crippen LogP contribution in [0.25, 0.3) is 0 Å². The normalized spacial score (nSPS) is 10.6. The largest absolute Gasteiger partial charge is 0.486 e. The summed E-state index contributed by atoms with van der Waals surface area (Å²) in [4.78, 5) is 0. The number of ether oxygens (including phenoxy) is 1. The molecule has 0 aliphatic carbocycles. The van der Waals surface area contributed by atoms with Crippen molar-refractivity contribution in [1.29, 1.82) is 0 Å². The molecule has 2 rings (SSSR count). The molecule has 4 heteroatoms. The van der Waals surface area contributed by atoms with Crippen molar-refractivity contribution in [3.05, 3.63) is 65.2 Å². The first-order chi connectivity index (χ1) is 9.69. The van der Waals surface area contributed by atoms with Crippen LogP contribution in [0.15, 0.2) is 42.5 Å². The molecule has 0 aliphatic heterocycles. The zero-order valence-electron chi connectivity index (χ0n) is 11.3. The van der Waals surface area contributed by atoms with Gasteiger partial charge in [-0.15, -0.1) is 0 Å². The Balaban J connectivity index is 1.95. The van der Waals surface area contributed by atoms with E-state index in [4.69, 9.17) is 4.74 Å².